The van der Waals surface area contributed by atoms with Gasteiger partial charge in [-0.2, -0.15) is 0 Å². The molecule has 72 valence electrons. The first kappa shape index (κ1) is 9.85. The van der Waals surface area contributed by atoms with Gasteiger partial charge in [-0.05, 0) is 0 Å². The first-order chi connectivity index (χ1) is 5.50. The normalized spacial score (nSPS) is 36.8. The number of hydrogen-bond donors (Lipinski definition) is 5. The van der Waals surface area contributed by atoms with Crippen LogP contribution in [0, 0.1) is 0 Å². The third-order valence-electron chi connectivity index (χ3n) is 1.88. The predicted molar refractivity (Wildman–Crippen MR) is 36.0 cm³/mol. The summed E-state index contributed by atoms with van der Waals surface area (Å²) >= 11 is 0. The summed E-state index contributed by atoms with van der Waals surface area (Å²) in [5.41, 5.74) is 0. The lowest BCUT2D eigenvalue weighted by atomic mass is 10.0. The maximum Gasteiger partial charge on any atom is 0.221 e. The van der Waals surface area contributed by atoms with E-state index in [0.717, 1.165) is 0 Å². The lowest BCUT2D eigenvalue weighted by Gasteiger charge is -2.27. The molecule has 0 radical (unpaired) electrons. The van der Waals surface area contributed by atoms with Gasteiger partial charge < -0.3 is 30.3 Å². The van der Waals surface area contributed by atoms with Crippen LogP contribution < -0.4 is 0 Å². The molecule has 1 heterocycles. The number of hydrogen-bond acceptors (Lipinski definition) is 6. The molecule has 0 aromatic rings. The van der Waals surface area contributed by atoms with Gasteiger partial charge in [0.15, 0.2) is 0 Å². The van der Waals surface area contributed by atoms with Crippen LogP contribution in [0.15, 0.2) is 0 Å². The standard InChI is InChI=1S/C6H12O6/c7-1-3(8)5-6(10,11)4(9)2-12-5/h3-5,7-11H,1-2H2/t3-,4+,5-/m1/s1. The van der Waals surface area contributed by atoms with Gasteiger partial charge in [0, 0.05) is 0 Å². The molecule has 1 saturated heterocycles. The van der Waals surface area contributed by atoms with Crippen molar-refractivity contribution in [2.24, 2.45) is 0 Å². The summed E-state index contributed by atoms with van der Waals surface area (Å²) in [6, 6.07) is 0. The van der Waals surface area contributed by atoms with Crippen LogP contribution in [-0.4, -0.2) is 62.8 Å². The molecular formula is C6H12O6. The van der Waals surface area contributed by atoms with E-state index >= 15 is 0 Å². The highest BCUT2D eigenvalue weighted by molar-refractivity contribution is 4.93. The van der Waals surface area contributed by atoms with E-state index in [4.69, 9.17) is 25.5 Å². The van der Waals surface area contributed by atoms with Crippen LogP contribution in [0.3, 0.4) is 0 Å². The summed E-state index contributed by atoms with van der Waals surface area (Å²) in [4.78, 5) is 0. The first-order valence-corrected chi connectivity index (χ1v) is 3.53. The van der Waals surface area contributed by atoms with Gasteiger partial charge in [0.1, 0.15) is 18.3 Å². The van der Waals surface area contributed by atoms with Gasteiger partial charge in [-0.25, -0.2) is 0 Å². The van der Waals surface area contributed by atoms with Crippen molar-refractivity contribution >= 4 is 0 Å². The highest BCUT2D eigenvalue weighted by Crippen LogP contribution is 2.25. The highest BCUT2D eigenvalue weighted by Gasteiger charge is 2.51. The molecule has 0 aliphatic carbocycles. The Morgan fingerprint density at radius 3 is 2.42 bits per heavy atom. The molecule has 12 heavy (non-hydrogen) atoms. The van der Waals surface area contributed by atoms with E-state index in [1.807, 2.05) is 0 Å². The molecule has 3 atom stereocenters. The van der Waals surface area contributed by atoms with Crippen LogP contribution in [0.4, 0.5) is 0 Å². The van der Waals surface area contributed by atoms with Gasteiger partial charge >= 0.3 is 0 Å². The quantitative estimate of drug-likeness (QED) is 0.286. The molecule has 1 fully saturated rings. The molecule has 0 amide bonds. The molecule has 6 nitrogen and oxygen atoms in total. The van der Waals surface area contributed by atoms with E-state index in [1.54, 1.807) is 0 Å². The third-order valence-corrected chi connectivity index (χ3v) is 1.88. The van der Waals surface area contributed by atoms with E-state index in [1.165, 1.54) is 0 Å². The number of ether oxygens (including phenoxy) is 1. The van der Waals surface area contributed by atoms with Crippen LogP contribution in [0.5, 0.6) is 0 Å². The smallest absolute Gasteiger partial charge is 0.221 e. The van der Waals surface area contributed by atoms with E-state index < -0.39 is 30.7 Å². The van der Waals surface area contributed by atoms with Crippen molar-refractivity contribution < 1.29 is 30.3 Å². The van der Waals surface area contributed by atoms with Crippen molar-refractivity contribution in [3.8, 4) is 0 Å². The Hall–Kier alpha value is -0.240. The van der Waals surface area contributed by atoms with Gasteiger partial charge in [0.2, 0.25) is 5.79 Å². The van der Waals surface area contributed by atoms with E-state index in [-0.39, 0.29) is 6.61 Å². The van der Waals surface area contributed by atoms with Gasteiger partial charge in [-0.3, -0.25) is 0 Å². The highest BCUT2D eigenvalue weighted by atomic mass is 16.6. The zero-order valence-corrected chi connectivity index (χ0v) is 6.29. The predicted octanol–water partition coefficient (Wildman–Crippen LogP) is -3.22. The summed E-state index contributed by atoms with van der Waals surface area (Å²) in [5.74, 6) is -2.48. The van der Waals surface area contributed by atoms with E-state index in [2.05, 4.69) is 4.74 Å². The summed E-state index contributed by atoms with van der Waals surface area (Å²) in [5, 5.41) is 44.7. The van der Waals surface area contributed by atoms with E-state index in [0.29, 0.717) is 0 Å². The molecule has 1 aliphatic heterocycles. The maximum absolute atomic E-state index is 9.13. The first-order valence-electron chi connectivity index (χ1n) is 3.53. The minimum atomic E-state index is -2.48. The average Bonchev–Trinajstić information content (AvgIpc) is 2.27. The molecule has 1 aliphatic rings. The Bertz CT molecular complexity index is 158. The summed E-state index contributed by atoms with van der Waals surface area (Å²) < 4.78 is 4.67. The van der Waals surface area contributed by atoms with Gasteiger partial charge in [-0.15, -0.1) is 0 Å². The summed E-state index contributed by atoms with van der Waals surface area (Å²) in [6.07, 6.45) is -4.22. The molecule has 6 heteroatoms. The molecule has 0 aromatic heterocycles. The van der Waals surface area contributed by atoms with Crippen molar-refractivity contribution in [2.45, 2.75) is 24.1 Å². The number of aliphatic hydroxyl groups is 5. The Balaban J connectivity index is 2.67. The second kappa shape index (κ2) is 3.25. The number of rotatable bonds is 2. The SMILES string of the molecule is OC[C@@H](O)[C@H]1OC[C@H](O)C1(O)O. The molecule has 0 aromatic carbocycles. The van der Waals surface area contributed by atoms with Crippen LogP contribution >= 0.6 is 0 Å². The Kier molecular flexibility index (Phi) is 2.67. The van der Waals surface area contributed by atoms with Crippen molar-refractivity contribution in [2.75, 3.05) is 13.2 Å². The van der Waals surface area contributed by atoms with Gasteiger partial charge in [0.05, 0.1) is 13.2 Å². The topological polar surface area (TPSA) is 110 Å². The fourth-order valence-electron chi connectivity index (χ4n) is 1.12. The minimum Gasteiger partial charge on any atom is -0.394 e. The van der Waals surface area contributed by atoms with Crippen molar-refractivity contribution in [1.82, 2.24) is 0 Å². The largest absolute Gasteiger partial charge is 0.394 e. The molecule has 0 bridgehead atoms. The molecule has 5 N–H and O–H groups in total. The van der Waals surface area contributed by atoms with Gasteiger partial charge in [-0.1, -0.05) is 0 Å². The second-order valence-corrected chi connectivity index (χ2v) is 2.80. The molecule has 0 spiro atoms. The fourth-order valence-corrected chi connectivity index (χ4v) is 1.12. The zero-order valence-electron chi connectivity index (χ0n) is 6.29. The molecule has 0 saturated carbocycles. The monoisotopic (exact) mass is 180 g/mol. The zero-order chi connectivity index (χ0) is 9.35. The van der Waals surface area contributed by atoms with Crippen LogP contribution in [0.25, 0.3) is 0 Å². The Labute approximate surface area is 68.6 Å². The van der Waals surface area contributed by atoms with Crippen molar-refractivity contribution in [3.05, 3.63) is 0 Å². The Morgan fingerprint density at radius 2 is 2.08 bits per heavy atom. The summed E-state index contributed by atoms with van der Waals surface area (Å²) in [7, 11) is 0. The molecule has 0 unspecified atom stereocenters. The van der Waals surface area contributed by atoms with Gasteiger partial charge in [0.25, 0.3) is 0 Å². The lowest BCUT2D eigenvalue weighted by molar-refractivity contribution is -0.248. The third kappa shape index (κ3) is 1.45. The number of aliphatic hydroxyl groups excluding tert-OH is 3. The Morgan fingerprint density at radius 1 is 1.50 bits per heavy atom. The lowest BCUT2D eigenvalue weighted by Crippen LogP contribution is -2.52. The maximum atomic E-state index is 9.13. The average molecular weight is 180 g/mol. The molecular weight excluding hydrogens is 168 g/mol. The van der Waals surface area contributed by atoms with Crippen molar-refractivity contribution in [3.63, 3.8) is 0 Å². The van der Waals surface area contributed by atoms with Crippen molar-refractivity contribution in [1.29, 1.82) is 0 Å². The fraction of sp³-hybridized carbons (Fsp3) is 1.00. The van der Waals surface area contributed by atoms with Crippen LogP contribution in [-0.2, 0) is 4.74 Å². The minimum absolute atomic E-state index is 0.269. The molecule has 1 rings (SSSR count). The van der Waals surface area contributed by atoms with E-state index in [9.17, 15) is 0 Å². The summed E-state index contributed by atoms with van der Waals surface area (Å²) in [6.45, 7) is -0.922. The van der Waals surface area contributed by atoms with Crippen LogP contribution in [0.1, 0.15) is 0 Å². The second-order valence-electron chi connectivity index (χ2n) is 2.80. The van der Waals surface area contributed by atoms with Crippen LogP contribution in [0.2, 0.25) is 0 Å².